The average molecular weight is 534 g/mol. The predicted octanol–water partition coefficient (Wildman–Crippen LogP) is 4.41. The quantitative estimate of drug-likeness (QED) is 0.281. The second kappa shape index (κ2) is 10.4. The maximum absolute atomic E-state index is 14.2. The minimum absolute atomic E-state index is 0.0103. The lowest BCUT2D eigenvalue weighted by Crippen LogP contribution is -2.33. The normalized spacial score (nSPS) is 12.5. The van der Waals surface area contributed by atoms with E-state index in [-0.39, 0.29) is 17.2 Å². The Hall–Kier alpha value is -3.67. The molecule has 0 saturated heterocycles. The highest BCUT2D eigenvalue weighted by molar-refractivity contribution is 6.31. The molecule has 2 heterocycles. The van der Waals surface area contributed by atoms with Gasteiger partial charge in [0.2, 0.25) is 5.91 Å². The molecule has 1 amide bonds. The molecule has 4 rings (SSSR count). The summed E-state index contributed by atoms with van der Waals surface area (Å²) >= 11 is 6.30. The van der Waals surface area contributed by atoms with Crippen molar-refractivity contribution in [3.8, 4) is 17.1 Å². The number of benzene rings is 2. The number of nitrogens with zero attached hydrogens (tertiary/aromatic N) is 4. The van der Waals surface area contributed by atoms with Gasteiger partial charge in [-0.05, 0) is 36.8 Å². The zero-order valence-corrected chi connectivity index (χ0v) is 20.8. The van der Waals surface area contributed by atoms with Crippen LogP contribution in [0, 0.1) is 12.7 Å². The number of para-hydroxylation sites is 1. The number of amides is 1. The van der Waals surface area contributed by atoms with Gasteiger partial charge in [0.1, 0.15) is 44.3 Å². The third-order valence-electron chi connectivity index (χ3n) is 5.65. The van der Waals surface area contributed by atoms with Crippen LogP contribution in [0.2, 0.25) is 5.02 Å². The fourth-order valence-corrected chi connectivity index (χ4v) is 4.32. The van der Waals surface area contributed by atoms with Gasteiger partial charge in [0.05, 0.1) is 5.02 Å². The molecule has 37 heavy (non-hydrogen) atoms. The van der Waals surface area contributed by atoms with Crippen LogP contribution in [0.5, 0.6) is 5.75 Å². The van der Waals surface area contributed by atoms with E-state index in [1.807, 2.05) is 19.1 Å². The molecule has 1 atom stereocenters. The molecule has 0 aliphatic heterocycles. The topological polar surface area (TPSA) is 81.9 Å². The number of nitrogens with one attached hydrogen (secondary N) is 1. The van der Waals surface area contributed by atoms with Crippen LogP contribution in [0.4, 0.5) is 17.6 Å². The van der Waals surface area contributed by atoms with Crippen LogP contribution in [0.3, 0.4) is 0 Å². The van der Waals surface area contributed by atoms with E-state index in [0.29, 0.717) is 28.3 Å². The molecule has 0 bridgehead atoms. The van der Waals surface area contributed by atoms with E-state index in [2.05, 4.69) is 20.4 Å². The molecule has 7 nitrogen and oxygen atoms in total. The van der Waals surface area contributed by atoms with Gasteiger partial charge in [-0.1, -0.05) is 23.7 Å². The van der Waals surface area contributed by atoms with E-state index in [4.69, 9.17) is 16.3 Å². The summed E-state index contributed by atoms with van der Waals surface area (Å²) in [4.78, 5) is 20.8. The number of alkyl halides is 3. The highest BCUT2D eigenvalue weighted by Crippen LogP contribution is 2.34. The Balaban J connectivity index is 1.67. The molecule has 0 radical (unpaired) electrons. The number of rotatable bonds is 7. The lowest BCUT2D eigenvalue weighted by atomic mass is 9.85. The maximum atomic E-state index is 14.2. The van der Waals surface area contributed by atoms with E-state index in [1.165, 1.54) is 14.2 Å². The van der Waals surface area contributed by atoms with E-state index in [0.717, 1.165) is 23.1 Å². The Morgan fingerprint density at radius 1 is 1.27 bits per heavy atom. The van der Waals surface area contributed by atoms with Crippen molar-refractivity contribution in [1.82, 2.24) is 25.1 Å². The monoisotopic (exact) mass is 533 g/mol. The fourth-order valence-electron chi connectivity index (χ4n) is 4.06. The number of halogens is 5. The molecule has 192 valence electrons. The summed E-state index contributed by atoms with van der Waals surface area (Å²) < 4.78 is 59.6. The standard InChI is InChI=1S/C24H21BClF4N5O2/c1-12-6-16(23-31-11-32-35(23)2)14-4-3-5-19(21(14)33-12)37-10-17-15(7-13(27)8-18(17)26)22(25)34-20(36)9-24(28,29)30/h3-8,11,22H,9-10,25H2,1-2H3,(H,34,36)/t22-/m0/s1. The molecule has 4 aromatic rings. The first kappa shape index (κ1) is 26.4. The van der Waals surface area contributed by atoms with Crippen LogP contribution in [-0.4, -0.2) is 39.7 Å². The molecule has 0 fully saturated rings. The van der Waals surface area contributed by atoms with E-state index >= 15 is 0 Å². The van der Waals surface area contributed by atoms with Crippen molar-refractivity contribution in [2.75, 3.05) is 0 Å². The van der Waals surface area contributed by atoms with Crippen LogP contribution in [-0.2, 0) is 18.4 Å². The van der Waals surface area contributed by atoms with E-state index in [1.54, 1.807) is 23.9 Å². The van der Waals surface area contributed by atoms with Gasteiger partial charge in [-0.25, -0.2) is 19.0 Å². The van der Waals surface area contributed by atoms with Crippen LogP contribution in [0.15, 0.2) is 42.7 Å². The van der Waals surface area contributed by atoms with Crippen molar-refractivity contribution in [3.05, 3.63) is 70.4 Å². The minimum atomic E-state index is -4.67. The molecule has 1 N–H and O–H groups in total. The van der Waals surface area contributed by atoms with Gasteiger partial charge in [-0.2, -0.15) is 18.3 Å². The van der Waals surface area contributed by atoms with Gasteiger partial charge in [0, 0.05) is 35.2 Å². The Labute approximate surface area is 215 Å². The van der Waals surface area contributed by atoms with Crippen molar-refractivity contribution < 1.29 is 27.1 Å². The number of carbonyl (C=O) groups is 1. The van der Waals surface area contributed by atoms with Gasteiger partial charge in [-0.15, -0.1) is 0 Å². The van der Waals surface area contributed by atoms with Crippen molar-refractivity contribution in [2.45, 2.75) is 32.1 Å². The first-order chi connectivity index (χ1) is 17.4. The second-order valence-corrected chi connectivity index (χ2v) is 8.90. The maximum Gasteiger partial charge on any atom is 0.397 e. The number of aryl methyl sites for hydroxylation is 2. The summed E-state index contributed by atoms with van der Waals surface area (Å²) in [5.41, 5.74) is 2.58. The number of pyridine rings is 1. The zero-order valence-electron chi connectivity index (χ0n) is 20.0. The largest absolute Gasteiger partial charge is 0.487 e. The molecular formula is C24H21BClF4N5O2. The van der Waals surface area contributed by atoms with Gasteiger partial charge in [0.25, 0.3) is 0 Å². The predicted molar refractivity (Wildman–Crippen MR) is 132 cm³/mol. The highest BCUT2D eigenvalue weighted by atomic mass is 35.5. The molecule has 2 aromatic heterocycles. The lowest BCUT2D eigenvalue weighted by Gasteiger charge is -2.21. The van der Waals surface area contributed by atoms with Crippen LogP contribution in [0.1, 0.15) is 29.2 Å². The van der Waals surface area contributed by atoms with Gasteiger partial charge < -0.3 is 10.1 Å². The van der Waals surface area contributed by atoms with Crippen LogP contribution >= 0.6 is 11.6 Å². The Morgan fingerprint density at radius 3 is 2.70 bits per heavy atom. The Kier molecular flexibility index (Phi) is 7.40. The van der Waals surface area contributed by atoms with Crippen molar-refractivity contribution >= 4 is 36.3 Å². The fraction of sp³-hybridized carbons (Fsp3) is 0.250. The summed E-state index contributed by atoms with van der Waals surface area (Å²) in [5, 5.41) is 7.14. The molecule has 0 saturated carbocycles. The number of aromatic nitrogens is 4. The van der Waals surface area contributed by atoms with Gasteiger partial charge >= 0.3 is 6.18 Å². The van der Waals surface area contributed by atoms with Crippen LogP contribution in [0.25, 0.3) is 22.3 Å². The number of hydrogen-bond acceptors (Lipinski definition) is 5. The summed E-state index contributed by atoms with van der Waals surface area (Å²) in [7, 11) is 3.22. The molecule has 0 aliphatic carbocycles. The molecule has 13 heteroatoms. The second-order valence-electron chi connectivity index (χ2n) is 8.50. The highest BCUT2D eigenvalue weighted by Gasteiger charge is 2.32. The Bertz CT molecular complexity index is 1480. The zero-order chi connectivity index (χ0) is 26.9. The number of fused-ring (bicyclic) bond motifs is 1. The molecule has 0 spiro atoms. The molecule has 0 aliphatic rings. The van der Waals surface area contributed by atoms with Crippen molar-refractivity contribution in [2.24, 2.45) is 7.05 Å². The van der Waals surface area contributed by atoms with Gasteiger partial charge in [-0.3, -0.25) is 4.79 Å². The summed E-state index contributed by atoms with van der Waals surface area (Å²) in [5.74, 6) is -1.85. The first-order valence-electron chi connectivity index (χ1n) is 11.1. The lowest BCUT2D eigenvalue weighted by molar-refractivity contribution is -0.153. The minimum Gasteiger partial charge on any atom is -0.487 e. The van der Waals surface area contributed by atoms with Crippen molar-refractivity contribution in [1.29, 1.82) is 0 Å². The van der Waals surface area contributed by atoms with Gasteiger partial charge in [0.15, 0.2) is 5.82 Å². The number of hydrogen-bond donors (Lipinski definition) is 1. The Morgan fingerprint density at radius 2 is 2.03 bits per heavy atom. The first-order valence-corrected chi connectivity index (χ1v) is 11.5. The molecule has 0 unspecified atom stereocenters. The number of ether oxygens (including phenoxy) is 1. The van der Waals surface area contributed by atoms with Crippen LogP contribution < -0.4 is 10.1 Å². The SMILES string of the molecule is B[C@@H](NC(=O)CC(F)(F)F)c1cc(F)cc(Cl)c1COc1cccc2c(-c3ncnn3C)cc(C)nc12. The average Bonchev–Trinajstić information content (AvgIpc) is 3.21. The van der Waals surface area contributed by atoms with E-state index in [9.17, 15) is 22.4 Å². The third-order valence-corrected chi connectivity index (χ3v) is 5.99. The van der Waals surface area contributed by atoms with E-state index < -0.39 is 30.3 Å². The van der Waals surface area contributed by atoms with Crippen molar-refractivity contribution in [3.63, 3.8) is 0 Å². The summed E-state index contributed by atoms with van der Waals surface area (Å²) in [6.07, 6.45) is -4.87. The molecule has 2 aromatic carbocycles. The number of carbonyl (C=O) groups excluding carboxylic acids is 1. The summed E-state index contributed by atoms with van der Waals surface area (Å²) in [6, 6.07) is 9.43. The summed E-state index contributed by atoms with van der Waals surface area (Å²) in [6.45, 7) is 1.68. The smallest absolute Gasteiger partial charge is 0.397 e. The molecular weight excluding hydrogens is 513 g/mol. The third kappa shape index (κ3) is 6.01.